The average Bonchev–Trinajstić information content (AvgIpc) is 2.91. The van der Waals surface area contributed by atoms with Crippen LogP contribution >= 0.6 is 0 Å². The van der Waals surface area contributed by atoms with Gasteiger partial charge in [0.2, 0.25) is 0 Å². The fourth-order valence-corrected chi connectivity index (χ4v) is 4.84. The summed E-state index contributed by atoms with van der Waals surface area (Å²) < 4.78 is 12.2. The van der Waals surface area contributed by atoms with Gasteiger partial charge in [-0.15, -0.1) is 0 Å². The van der Waals surface area contributed by atoms with E-state index < -0.39 is 0 Å². The maximum atomic E-state index is 13.1. The maximum absolute atomic E-state index is 13.1. The van der Waals surface area contributed by atoms with Crippen LogP contribution in [0.5, 0.6) is 0 Å². The van der Waals surface area contributed by atoms with Gasteiger partial charge in [0.25, 0.3) is 0 Å². The summed E-state index contributed by atoms with van der Waals surface area (Å²) in [6, 6.07) is 15.5. The van der Waals surface area contributed by atoms with Crippen molar-refractivity contribution in [3.63, 3.8) is 0 Å². The highest BCUT2D eigenvalue weighted by Gasteiger charge is 2.33. The first-order chi connectivity index (χ1) is 18.0. The van der Waals surface area contributed by atoms with E-state index in [0.717, 1.165) is 70.6 Å². The van der Waals surface area contributed by atoms with Crippen molar-refractivity contribution in [1.29, 1.82) is 0 Å². The lowest BCUT2D eigenvalue weighted by atomic mass is 9.87. The molecule has 2 aromatic carbocycles. The van der Waals surface area contributed by atoms with Crippen LogP contribution in [0.1, 0.15) is 124 Å². The molecule has 2 aromatic rings. The van der Waals surface area contributed by atoms with Crippen LogP contribution in [0.3, 0.4) is 0 Å². The second-order valence-electron chi connectivity index (χ2n) is 10.1. The Hall–Kier alpha value is -2.62. The van der Waals surface area contributed by atoms with Crippen molar-refractivity contribution < 1.29 is 19.1 Å². The Morgan fingerprint density at radius 2 is 0.973 bits per heavy atom. The van der Waals surface area contributed by atoms with E-state index in [0.29, 0.717) is 11.1 Å². The predicted molar refractivity (Wildman–Crippen MR) is 152 cm³/mol. The van der Waals surface area contributed by atoms with Crippen LogP contribution in [0.2, 0.25) is 0 Å². The van der Waals surface area contributed by atoms with E-state index in [1.54, 1.807) is 0 Å². The molecule has 0 saturated carbocycles. The Labute approximate surface area is 225 Å². The van der Waals surface area contributed by atoms with E-state index in [4.69, 9.17) is 9.47 Å². The topological polar surface area (TPSA) is 52.6 Å². The summed E-state index contributed by atoms with van der Waals surface area (Å²) in [5.74, 6) is -0.660. The van der Waals surface area contributed by atoms with Crippen LogP contribution in [0.4, 0.5) is 0 Å². The molecular weight excluding hydrogens is 460 g/mol. The van der Waals surface area contributed by atoms with Gasteiger partial charge in [-0.2, -0.15) is 0 Å². The van der Waals surface area contributed by atoms with Crippen LogP contribution in [0.15, 0.2) is 48.5 Å². The standard InChI is InChI=1S/C33H48O4/c1-6-11-15-25-17-21-27(22-18-25)32(34)36-30(13-8-3)29(10-5)31(14-9-4)37-33(35)28-23-19-26(20-24-28)16-12-7-2/h17-24,29-31H,6-16H2,1-5H3. The van der Waals surface area contributed by atoms with E-state index in [1.165, 1.54) is 11.1 Å². The first-order valence-corrected chi connectivity index (χ1v) is 14.6. The van der Waals surface area contributed by atoms with Gasteiger partial charge in [0.15, 0.2) is 0 Å². The van der Waals surface area contributed by atoms with Crippen molar-refractivity contribution in [2.75, 3.05) is 0 Å². The monoisotopic (exact) mass is 508 g/mol. The molecule has 4 heteroatoms. The van der Waals surface area contributed by atoms with Gasteiger partial charge in [0.05, 0.1) is 11.1 Å². The number of carbonyl (C=O) groups excluding carboxylic acids is 2. The fraction of sp³-hybridized carbons (Fsp3) is 0.576. The van der Waals surface area contributed by atoms with Crippen LogP contribution in [0, 0.1) is 5.92 Å². The Balaban J connectivity index is 2.13. The van der Waals surface area contributed by atoms with Crippen molar-refractivity contribution >= 4 is 11.9 Å². The molecule has 0 saturated heterocycles. The number of carbonyl (C=O) groups is 2. The van der Waals surface area contributed by atoms with Crippen LogP contribution < -0.4 is 0 Å². The molecule has 0 radical (unpaired) electrons. The smallest absolute Gasteiger partial charge is 0.338 e. The van der Waals surface area contributed by atoms with Gasteiger partial charge in [-0.05, 0) is 80.3 Å². The second-order valence-corrected chi connectivity index (χ2v) is 10.1. The van der Waals surface area contributed by atoms with Crippen LogP contribution in [-0.2, 0) is 22.3 Å². The highest BCUT2D eigenvalue weighted by atomic mass is 16.6. The van der Waals surface area contributed by atoms with Gasteiger partial charge >= 0.3 is 11.9 Å². The van der Waals surface area contributed by atoms with Gasteiger partial charge in [0, 0.05) is 5.92 Å². The highest BCUT2D eigenvalue weighted by Crippen LogP contribution is 2.28. The first kappa shape index (κ1) is 30.6. The van der Waals surface area contributed by atoms with Gasteiger partial charge in [-0.3, -0.25) is 0 Å². The molecule has 0 N–H and O–H groups in total. The number of rotatable bonds is 17. The third kappa shape index (κ3) is 9.98. The summed E-state index contributed by atoms with van der Waals surface area (Å²) in [6.45, 7) is 10.6. The maximum Gasteiger partial charge on any atom is 0.338 e. The lowest BCUT2D eigenvalue weighted by Gasteiger charge is -2.32. The van der Waals surface area contributed by atoms with Crippen molar-refractivity contribution in [3.8, 4) is 0 Å². The molecule has 0 aliphatic rings. The van der Waals surface area contributed by atoms with Crippen LogP contribution in [0.25, 0.3) is 0 Å². The normalized spacial score (nSPS) is 13.5. The first-order valence-electron chi connectivity index (χ1n) is 14.6. The highest BCUT2D eigenvalue weighted by molar-refractivity contribution is 5.90. The molecule has 0 aromatic heterocycles. The Bertz CT molecular complexity index is 841. The van der Waals surface area contributed by atoms with E-state index in [1.807, 2.05) is 48.5 Å². The quantitative estimate of drug-likeness (QED) is 0.200. The van der Waals surface area contributed by atoms with E-state index >= 15 is 0 Å². The summed E-state index contributed by atoms with van der Waals surface area (Å²) in [5, 5.41) is 0. The third-order valence-electron chi connectivity index (χ3n) is 7.11. The Kier molecular flexibility index (Phi) is 14.1. The molecule has 204 valence electrons. The minimum atomic E-state index is -0.303. The number of ether oxygens (including phenoxy) is 2. The van der Waals surface area contributed by atoms with Gasteiger partial charge in [-0.1, -0.05) is 84.6 Å². The summed E-state index contributed by atoms with van der Waals surface area (Å²) >= 11 is 0. The third-order valence-corrected chi connectivity index (χ3v) is 7.11. The lowest BCUT2D eigenvalue weighted by Crippen LogP contribution is -2.37. The molecule has 0 aliphatic heterocycles. The molecule has 2 unspecified atom stereocenters. The molecule has 0 heterocycles. The second kappa shape index (κ2) is 17.0. The van der Waals surface area contributed by atoms with Gasteiger partial charge in [0.1, 0.15) is 12.2 Å². The molecule has 2 atom stereocenters. The minimum Gasteiger partial charge on any atom is -0.458 e. The summed E-state index contributed by atoms with van der Waals surface area (Å²) in [6.07, 6.45) is 10.0. The van der Waals surface area contributed by atoms with Gasteiger partial charge < -0.3 is 9.47 Å². The number of aryl methyl sites for hydroxylation is 2. The molecular formula is C33H48O4. The fourth-order valence-electron chi connectivity index (χ4n) is 4.84. The van der Waals surface area contributed by atoms with E-state index in [9.17, 15) is 9.59 Å². The molecule has 0 aliphatic carbocycles. The number of hydrogen-bond donors (Lipinski definition) is 0. The van der Waals surface area contributed by atoms with E-state index in [2.05, 4.69) is 34.6 Å². The summed E-state index contributed by atoms with van der Waals surface area (Å²) in [7, 11) is 0. The van der Waals surface area contributed by atoms with E-state index in [-0.39, 0.29) is 30.1 Å². The zero-order chi connectivity index (χ0) is 27.0. The minimum absolute atomic E-state index is 0.0551. The number of benzene rings is 2. The van der Waals surface area contributed by atoms with Crippen molar-refractivity contribution in [3.05, 3.63) is 70.8 Å². The van der Waals surface area contributed by atoms with Crippen molar-refractivity contribution in [2.45, 2.75) is 117 Å². The van der Waals surface area contributed by atoms with Crippen LogP contribution in [-0.4, -0.2) is 24.1 Å². The number of hydrogen-bond acceptors (Lipinski definition) is 4. The largest absolute Gasteiger partial charge is 0.458 e. The molecule has 0 spiro atoms. The SMILES string of the molecule is CCCCc1ccc(C(=O)OC(CCC)C(CC)C(CCC)OC(=O)c2ccc(CCCC)cc2)cc1. The molecule has 4 nitrogen and oxygen atoms in total. The van der Waals surface area contributed by atoms with Gasteiger partial charge in [-0.25, -0.2) is 9.59 Å². The molecule has 37 heavy (non-hydrogen) atoms. The predicted octanol–water partition coefficient (Wildman–Crippen LogP) is 8.75. The zero-order valence-electron chi connectivity index (χ0n) is 23.8. The summed E-state index contributed by atoms with van der Waals surface area (Å²) in [4.78, 5) is 26.2. The molecule has 0 bridgehead atoms. The number of esters is 2. The van der Waals surface area contributed by atoms with Crippen molar-refractivity contribution in [1.82, 2.24) is 0 Å². The Morgan fingerprint density at radius 3 is 1.27 bits per heavy atom. The average molecular weight is 509 g/mol. The molecule has 0 amide bonds. The molecule has 0 fully saturated rings. The lowest BCUT2D eigenvalue weighted by molar-refractivity contribution is -0.0391. The zero-order valence-corrected chi connectivity index (χ0v) is 23.8. The Morgan fingerprint density at radius 1 is 0.595 bits per heavy atom. The van der Waals surface area contributed by atoms with Crippen molar-refractivity contribution in [2.24, 2.45) is 5.92 Å². The molecule has 2 rings (SSSR count). The summed E-state index contributed by atoms with van der Waals surface area (Å²) in [5.41, 5.74) is 3.62. The number of unbranched alkanes of at least 4 members (excludes halogenated alkanes) is 2.